The molecule has 1 atom stereocenters. The molecular weight excluding hydrogens is 320 g/mol. The maximum atomic E-state index is 11.4. The molecule has 1 aliphatic rings. The average molecular weight is 338 g/mol. The van der Waals surface area contributed by atoms with Gasteiger partial charge in [-0.15, -0.1) is 10.2 Å². The van der Waals surface area contributed by atoms with Crippen molar-refractivity contribution in [3.05, 3.63) is 41.3 Å². The molecule has 0 N–H and O–H groups in total. The summed E-state index contributed by atoms with van der Waals surface area (Å²) in [5, 5.41) is 8.58. The Balaban J connectivity index is 1.54. The first-order valence-electron chi connectivity index (χ1n) is 7.21. The van der Waals surface area contributed by atoms with Gasteiger partial charge in [-0.25, -0.2) is 8.42 Å². The maximum absolute atomic E-state index is 11.4. The normalized spacial score (nSPS) is 20.3. The van der Waals surface area contributed by atoms with Crippen LogP contribution in [-0.2, 0) is 22.0 Å². The molecular formula is C15H18N2O3S2. The van der Waals surface area contributed by atoms with Gasteiger partial charge in [0.25, 0.3) is 5.22 Å². The molecule has 2 aromatic rings. The number of hydrogen-bond donors (Lipinski definition) is 0. The second kappa shape index (κ2) is 6.42. The monoisotopic (exact) mass is 338 g/mol. The molecule has 3 rings (SSSR count). The fourth-order valence-electron chi connectivity index (χ4n) is 2.49. The Kier molecular flexibility index (Phi) is 4.54. The Bertz CT molecular complexity index is 738. The Morgan fingerprint density at radius 3 is 2.73 bits per heavy atom. The zero-order valence-corrected chi connectivity index (χ0v) is 14.0. The summed E-state index contributed by atoms with van der Waals surface area (Å²) in [5.74, 6) is 1.94. The molecule has 1 aromatic heterocycles. The molecule has 0 spiro atoms. The quantitative estimate of drug-likeness (QED) is 0.780. The summed E-state index contributed by atoms with van der Waals surface area (Å²) in [6.45, 7) is 2.06. The standard InChI is InChI=1S/C15H18N2O3S2/c1-11-2-4-12(5-3-11)9-21-15-17-16-14(20-15)8-13-6-7-22(18,19)10-13/h2-5,13H,6-10H2,1H3/t13-/m0/s1. The summed E-state index contributed by atoms with van der Waals surface area (Å²) in [6.07, 6.45) is 1.24. The van der Waals surface area contributed by atoms with E-state index in [0.717, 1.165) is 5.75 Å². The van der Waals surface area contributed by atoms with Gasteiger partial charge in [-0.1, -0.05) is 41.6 Å². The molecule has 7 heteroatoms. The third-order valence-electron chi connectivity index (χ3n) is 3.72. The van der Waals surface area contributed by atoms with Gasteiger partial charge in [0, 0.05) is 12.2 Å². The van der Waals surface area contributed by atoms with Crippen molar-refractivity contribution in [2.75, 3.05) is 11.5 Å². The summed E-state index contributed by atoms with van der Waals surface area (Å²) < 4.78 is 28.5. The molecule has 0 unspecified atom stereocenters. The van der Waals surface area contributed by atoms with Crippen molar-refractivity contribution in [2.24, 2.45) is 5.92 Å². The van der Waals surface area contributed by atoms with E-state index in [2.05, 4.69) is 41.4 Å². The van der Waals surface area contributed by atoms with Gasteiger partial charge in [0.2, 0.25) is 5.89 Å². The van der Waals surface area contributed by atoms with Crippen molar-refractivity contribution < 1.29 is 12.8 Å². The molecule has 2 heterocycles. The molecule has 0 aliphatic carbocycles. The largest absolute Gasteiger partial charge is 0.416 e. The zero-order valence-electron chi connectivity index (χ0n) is 12.4. The van der Waals surface area contributed by atoms with Gasteiger partial charge in [-0.2, -0.15) is 0 Å². The summed E-state index contributed by atoms with van der Waals surface area (Å²) in [5.41, 5.74) is 2.44. The van der Waals surface area contributed by atoms with E-state index >= 15 is 0 Å². The molecule has 1 aliphatic heterocycles. The Hall–Kier alpha value is -1.34. The van der Waals surface area contributed by atoms with Crippen LogP contribution in [0.2, 0.25) is 0 Å². The van der Waals surface area contributed by atoms with Crippen LogP contribution in [0.4, 0.5) is 0 Å². The lowest BCUT2D eigenvalue weighted by atomic mass is 10.1. The number of benzene rings is 1. The van der Waals surface area contributed by atoms with E-state index in [1.807, 2.05) is 0 Å². The van der Waals surface area contributed by atoms with E-state index in [4.69, 9.17) is 4.42 Å². The zero-order chi connectivity index (χ0) is 15.6. The molecule has 1 aromatic carbocycles. The average Bonchev–Trinajstić information content (AvgIpc) is 3.05. The number of rotatable bonds is 5. The number of hydrogen-bond acceptors (Lipinski definition) is 6. The van der Waals surface area contributed by atoms with Crippen LogP contribution in [0.5, 0.6) is 0 Å². The third-order valence-corrected chi connectivity index (χ3v) is 6.45. The molecule has 0 amide bonds. The SMILES string of the molecule is Cc1ccc(CSc2nnc(C[C@@H]3CCS(=O)(=O)C3)o2)cc1. The lowest BCUT2D eigenvalue weighted by Gasteiger charge is -2.02. The highest BCUT2D eigenvalue weighted by atomic mass is 32.2. The maximum Gasteiger partial charge on any atom is 0.276 e. The molecule has 1 saturated heterocycles. The topological polar surface area (TPSA) is 73.1 Å². The van der Waals surface area contributed by atoms with Gasteiger partial charge in [0.05, 0.1) is 11.5 Å². The van der Waals surface area contributed by atoms with E-state index in [1.165, 1.54) is 22.9 Å². The van der Waals surface area contributed by atoms with Gasteiger partial charge in [-0.05, 0) is 24.8 Å². The highest BCUT2D eigenvalue weighted by Gasteiger charge is 2.29. The second-order valence-corrected chi connectivity index (χ2v) is 8.86. The van der Waals surface area contributed by atoms with Crippen LogP contribution < -0.4 is 0 Å². The first kappa shape index (κ1) is 15.6. The van der Waals surface area contributed by atoms with Crippen molar-refractivity contribution in [3.63, 3.8) is 0 Å². The van der Waals surface area contributed by atoms with Crippen LogP contribution in [-0.4, -0.2) is 30.1 Å². The summed E-state index contributed by atoms with van der Waals surface area (Å²) in [6, 6.07) is 8.33. The summed E-state index contributed by atoms with van der Waals surface area (Å²) in [4.78, 5) is 0. The van der Waals surface area contributed by atoms with Crippen molar-refractivity contribution in [1.82, 2.24) is 10.2 Å². The van der Waals surface area contributed by atoms with Crippen LogP contribution in [0.3, 0.4) is 0 Å². The molecule has 22 heavy (non-hydrogen) atoms. The van der Waals surface area contributed by atoms with E-state index in [-0.39, 0.29) is 17.4 Å². The third kappa shape index (κ3) is 4.10. The number of aromatic nitrogens is 2. The minimum absolute atomic E-state index is 0.111. The van der Waals surface area contributed by atoms with Gasteiger partial charge in [0.1, 0.15) is 0 Å². The molecule has 0 saturated carbocycles. The fraction of sp³-hybridized carbons (Fsp3) is 0.467. The summed E-state index contributed by atoms with van der Waals surface area (Å²) in [7, 11) is -2.85. The molecule has 0 radical (unpaired) electrons. The second-order valence-electron chi connectivity index (χ2n) is 5.71. The molecule has 118 valence electrons. The fourth-order valence-corrected chi connectivity index (χ4v) is 5.09. The first-order valence-corrected chi connectivity index (χ1v) is 10.0. The number of nitrogens with zero attached hydrogens (tertiary/aromatic N) is 2. The van der Waals surface area contributed by atoms with Crippen molar-refractivity contribution in [2.45, 2.75) is 30.7 Å². The summed E-state index contributed by atoms with van der Waals surface area (Å²) >= 11 is 1.50. The van der Waals surface area contributed by atoms with Crippen molar-refractivity contribution in [3.8, 4) is 0 Å². The van der Waals surface area contributed by atoms with E-state index < -0.39 is 9.84 Å². The molecule has 1 fully saturated rings. The Labute approximate surface area is 134 Å². The number of sulfone groups is 1. The van der Waals surface area contributed by atoms with E-state index in [1.54, 1.807) is 0 Å². The van der Waals surface area contributed by atoms with Crippen molar-refractivity contribution in [1.29, 1.82) is 0 Å². The molecule has 0 bridgehead atoms. The Morgan fingerprint density at radius 1 is 1.27 bits per heavy atom. The van der Waals surface area contributed by atoms with Gasteiger partial charge in [-0.3, -0.25) is 0 Å². The minimum Gasteiger partial charge on any atom is -0.416 e. The highest BCUT2D eigenvalue weighted by molar-refractivity contribution is 7.98. The highest BCUT2D eigenvalue weighted by Crippen LogP contribution is 2.25. The van der Waals surface area contributed by atoms with Gasteiger partial charge >= 0.3 is 0 Å². The first-order chi connectivity index (χ1) is 10.5. The Morgan fingerprint density at radius 2 is 2.05 bits per heavy atom. The van der Waals surface area contributed by atoms with E-state index in [9.17, 15) is 8.42 Å². The predicted molar refractivity (Wildman–Crippen MR) is 85.5 cm³/mol. The minimum atomic E-state index is -2.85. The van der Waals surface area contributed by atoms with Gasteiger partial charge in [0.15, 0.2) is 9.84 Å². The van der Waals surface area contributed by atoms with Gasteiger partial charge < -0.3 is 4.42 Å². The predicted octanol–water partition coefficient (Wildman–Crippen LogP) is 2.65. The smallest absolute Gasteiger partial charge is 0.276 e. The van der Waals surface area contributed by atoms with Crippen LogP contribution in [0.25, 0.3) is 0 Å². The van der Waals surface area contributed by atoms with Crippen molar-refractivity contribution >= 4 is 21.6 Å². The van der Waals surface area contributed by atoms with Crippen LogP contribution in [0.1, 0.15) is 23.4 Å². The lowest BCUT2D eigenvalue weighted by Crippen LogP contribution is -2.07. The number of thioether (sulfide) groups is 1. The molecule has 5 nitrogen and oxygen atoms in total. The van der Waals surface area contributed by atoms with Crippen LogP contribution >= 0.6 is 11.8 Å². The van der Waals surface area contributed by atoms with Crippen LogP contribution in [0, 0.1) is 12.8 Å². The van der Waals surface area contributed by atoms with Crippen LogP contribution in [0.15, 0.2) is 33.9 Å². The number of aryl methyl sites for hydroxylation is 1. The van der Waals surface area contributed by atoms with E-state index in [0.29, 0.717) is 24.0 Å². The lowest BCUT2D eigenvalue weighted by molar-refractivity contribution is 0.389.